The minimum Gasteiger partial charge on any atom is -0.309 e. The number of nitrogens with one attached hydrogen (secondary N) is 1. The minimum atomic E-state index is 0.139. The molecule has 1 aliphatic heterocycles. The summed E-state index contributed by atoms with van der Waals surface area (Å²) >= 11 is 0. The van der Waals surface area contributed by atoms with Crippen molar-refractivity contribution in [2.24, 2.45) is 0 Å². The highest BCUT2D eigenvalue weighted by atomic mass is 15.5. The molecule has 1 aromatic heterocycles. The van der Waals surface area contributed by atoms with E-state index in [2.05, 4.69) is 58.6 Å². The molecule has 1 N–H and O–H groups in total. The highest BCUT2D eigenvalue weighted by Gasteiger charge is 2.26. The molecular weight excluding hydrogens is 264 g/mol. The van der Waals surface area contributed by atoms with Gasteiger partial charge in [-0.25, -0.2) is 0 Å². The molecule has 0 unspecified atom stereocenters. The zero-order valence-corrected chi connectivity index (χ0v) is 12.9. The van der Waals surface area contributed by atoms with Crippen molar-refractivity contribution in [1.29, 1.82) is 0 Å². The van der Waals surface area contributed by atoms with Gasteiger partial charge in [-0.1, -0.05) is 12.1 Å². The lowest BCUT2D eigenvalue weighted by Gasteiger charge is -2.38. The molecule has 112 valence electrons. The fraction of sp³-hybridized carbons (Fsp3) is 0.533. The molecule has 0 atom stereocenters. The quantitative estimate of drug-likeness (QED) is 0.917. The first-order valence-corrected chi connectivity index (χ1v) is 7.35. The molecular formula is C15H22N6. The van der Waals surface area contributed by atoms with E-state index in [0.29, 0.717) is 0 Å². The van der Waals surface area contributed by atoms with Crippen LogP contribution in [0.5, 0.6) is 0 Å². The third-order valence-corrected chi connectivity index (χ3v) is 3.80. The van der Waals surface area contributed by atoms with Gasteiger partial charge in [0.25, 0.3) is 0 Å². The van der Waals surface area contributed by atoms with Crippen molar-refractivity contribution in [2.75, 3.05) is 19.6 Å². The van der Waals surface area contributed by atoms with E-state index < -0.39 is 0 Å². The molecule has 1 aliphatic rings. The molecule has 0 aliphatic carbocycles. The van der Waals surface area contributed by atoms with E-state index in [-0.39, 0.29) is 5.54 Å². The highest BCUT2D eigenvalue weighted by molar-refractivity contribution is 5.34. The third kappa shape index (κ3) is 3.28. The van der Waals surface area contributed by atoms with Gasteiger partial charge in [-0.05, 0) is 48.9 Å². The number of aromatic nitrogens is 4. The van der Waals surface area contributed by atoms with Gasteiger partial charge in [-0.2, -0.15) is 4.68 Å². The van der Waals surface area contributed by atoms with E-state index in [1.165, 1.54) is 5.56 Å². The number of hydrogen-bond acceptors (Lipinski definition) is 5. The molecule has 1 aromatic carbocycles. The highest BCUT2D eigenvalue weighted by Crippen LogP contribution is 2.15. The second kappa shape index (κ2) is 5.54. The number of benzene rings is 1. The van der Waals surface area contributed by atoms with Crippen molar-refractivity contribution in [1.82, 2.24) is 30.4 Å². The predicted molar refractivity (Wildman–Crippen MR) is 81.2 cm³/mol. The van der Waals surface area contributed by atoms with Gasteiger partial charge in [0.1, 0.15) is 0 Å². The molecule has 0 amide bonds. The van der Waals surface area contributed by atoms with Gasteiger partial charge >= 0.3 is 0 Å². The standard InChI is InChI=1S/C15H22N6/c1-12-5-4-6-13(9-12)21-14(17-18-19-21)10-20-8-7-16-15(2,3)11-20/h4-6,9,16H,7-8,10-11H2,1-3H3. The summed E-state index contributed by atoms with van der Waals surface area (Å²) < 4.78 is 1.84. The van der Waals surface area contributed by atoms with Gasteiger partial charge in [0.05, 0.1) is 12.2 Å². The van der Waals surface area contributed by atoms with E-state index >= 15 is 0 Å². The molecule has 21 heavy (non-hydrogen) atoms. The number of rotatable bonds is 3. The Hall–Kier alpha value is -1.79. The van der Waals surface area contributed by atoms with Gasteiger partial charge in [-0.15, -0.1) is 5.10 Å². The molecule has 6 nitrogen and oxygen atoms in total. The van der Waals surface area contributed by atoms with Crippen LogP contribution in [0.15, 0.2) is 24.3 Å². The van der Waals surface area contributed by atoms with E-state index in [1.807, 2.05) is 16.8 Å². The predicted octanol–water partition coefficient (Wildman–Crippen LogP) is 1.15. The van der Waals surface area contributed by atoms with E-state index in [1.54, 1.807) is 0 Å². The van der Waals surface area contributed by atoms with Crippen molar-refractivity contribution in [2.45, 2.75) is 32.9 Å². The maximum atomic E-state index is 4.20. The molecule has 0 saturated carbocycles. The summed E-state index contributed by atoms with van der Waals surface area (Å²) in [5, 5.41) is 15.7. The average Bonchev–Trinajstić information content (AvgIpc) is 2.85. The molecule has 2 heterocycles. The van der Waals surface area contributed by atoms with Crippen molar-refractivity contribution in [3.05, 3.63) is 35.7 Å². The zero-order valence-electron chi connectivity index (χ0n) is 12.9. The molecule has 0 radical (unpaired) electrons. The lowest BCUT2D eigenvalue weighted by Crippen LogP contribution is -2.56. The van der Waals surface area contributed by atoms with Crippen LogP contribution in [0.4, 0.5) is 0 Å². The molecule has 1 saturated heterocycles. The van der Waals surface area contributed by atoms with Gasteiger partial charge in [0.2, 0.25) is 0 Å². The topological polar surface area (TPSA) is 58.9 Å². The van der Waals surface area contributed by atoms with Crippen LogP contribution in [0.25, 0.3) is 5.69 Å². The van der Waals surface area contributed by atoms with Crippen LogP contribution in [0.2, 0.25) is 0 Å². The summed E-state index contributed by atoms with van der Waals surface area (Å²) in [6.45, 7) is 10.3. The Bertz CT molecular complexity index is 618. The normalized spacial score (nSPS) is 18.8. The summed E-state index contributed by atoms with van der Waals surface area (Å²) in [5.41, 5.74) is 2.36. The van der Waals surface area contributed by atoms with Gasteiger partial charge in [0, 0.05) is 25.2 Å². The fourth-order valence-electron chi connectivity index (χ4n) is 2.85. The van der Waals surface area contributed by atoms with Crippen molar-refractivity contribution < 1.29 is 0 Å². The Morgan fingerprint density at radius 2 is 2.19 bits per heavy atom. The van der Waals surface area contributed by atoms with Crippen LogP contribution in [0.3, 0.4) is 0 Å². The molecule has 6 heteroatoms. The second-order valence-corrected chi connectivity index (χ2v) is 6.37. The Kier molecular flexibility index (Phi) is 3.73. The summed E-state index contributed by atoms with van der Waals surface area (Å²) in [6, 6.07) is 8.24. The lowest BCUT2D eigenvalue weighted by molar-refractivity contribution is 0.144. The van der Waals surface area contributed by atoms with Crippen LogP contribution >= 0.6 is 0 Å². The van der Waals surface area contributed by atoms with E-state index in [9.17, 15) is 0 Å². The Morgan fingerprint density at radius 3 is 2.95 bits per heavy atom. The van der Waals surface area contributed by atoms with Crippen molar-refractivity contribution >= 4 is 0 Å². The number of aryl methyl sites for hydroxylation is 1. The molecule has 0 bridgehead atoms. The Morgan fingerprint density at radius 1 is 1.33 bits per heavy atom. The van der Waals surface area contributed by atoms with Crippen molar-refractivity contribution in [3.63, 3.8) is 0 Å². The van der Waals surface area contributed by atoms with E-state index in [4.69, 9.17) is 0 Å². The summed E-state index contributed by atoms with van der Waals surface area (Å²) in [6.07, 6.45) is 0. The number of hydrogen-bond donors (Lipinski definition) is 1. The first kappa shape index (κ1) is 14.2. The van der Waals surface area contributed by atoms with Crippen LogP contribution in [0.1, 0.15) is 25.2 Å². The largest absolute Gasteiger partial charge is 0.309 e. The maximum Gasteiger partial charge on any atom is 0.170 e. The minimum absolute atomic E-state index is 0.139. The smallest absolute Gasteiger partial charge is 0.170 e. The monoisotopic (exact) mass is 286 g/mol. The number of nitrogens with zero attached hydrogens (tertiary/aromatic N) is 5. The molecule has 1 fully saturated rings. The number of piperazine rings is 1. The molecule has 3 rings (SSSR count). The van der Waals surface area contributed by atoms with Crippen LogP contribution in [-0.2, 0) is 6.54 Å². The first-order valence-electron chi connectivity index (χ1n) is 7.35. The summed E-state index contributed by atoms with van der Waals surface area (Å²) in [5.74, 6) is 0.887. The van der Waals surface area contributed by atoms with Crippen LogP contribution < -0.4 is 5.32 Å². The van der Waals surface area contributed by atoms with Crippen LogP contribution in [-0.4, -0.2) is 50.3 Å². The summed E-state index contributed by atoms with van der Waals surface area (Å²) in [7, 11) is 0. The lowest BCUT2D eigenvalue weighted by atomic mass is 10.0. The Balaban J connectivity index is 1.80. The maximum absolute atomic E-state index is 4.20. The molecule has 0 spiro atoms. The van der Waals surface area contributed by atoms with E-state index in [0.717, 1.165) is 37.7 Å². The average molecular weight is 286 g/mol. The summed E-state index contributed by atoms with van der Waals surface area (Å²) in [4.78, 5) is 2.40. The van der Waals surface area contributed by atoms with Gasteiger partial charge < -0.3 is 5.32 Å². The molecule has 2 aromatic rings. The second-order valence-electron chi connectivity index (χ2n) is 6.37. The zero-order chi connectivity index (χ0) is 14.9. The Labute approximate surface area is 125 Å². The fourth-order valence-corrected chi connectivity index (χ4v) is 2.85. The van der Waals surface area contributed by atoms with Crippen LogP contribution in [0, 0.1) is 6.92 Å². The third-order valence-electron chi connectivity index (χ3n) is 3.80. The van der Waals surface area contributed by atoms with Gasteiger partial charge in [-0.3, -0.25) is 4.90 Å². The first-order chi connectivity index (χ1) is 10.0. The van der Waals surface area contributed by atoms with Gasteiger partial charge in [0.15, 0.2) is 5.82 Å². The van der Waals surface area contributed by atoms with Crippen molar-refractivity contribution in [3.8, 4) is 5.69 Å². The SMILES string of the molecule is Cc1cccc(-n2nnnc2CN2CCNC(C)(C)C2)c1. The number of tetrazole rings is 1.